The van der Waals surface area contributed by atoms with Gasteiger partial charge >= 0.3 is 5.97 Å². The molecule has 0 spiro atoms. The molecule has 0 heterocycles. The van der Waals surface area contributed by atoms with Gasteiger partial charge in [0.2, 0.25) is 0 Å². The molecule has 1 rings (SSSR count). The summed E-state index contributed by atoms with van der Waals surface area (Å²) in [6, 6.07) is 4.07. The van der Waals surface area contributed by atoms with Crippen LogP contribution in [0.4, 0.5) is 11.4 Å². The molecule has 20 heavy (non-hydrogen) atoms. The van der Waals surface area contributed by atoms with Gasteiger partial charge in [0.1, 0.15) is 0 Å². The standard InChI is InChI=1S/C15H24N2O2S/c1-5-20-7-6-11(3)17-12-8-10(2)14(16)13(9-12)15(18)19-4/h8-9,11,17H,5-7,16H2,1-4H3. The third-order valence-electron chi connectivity index (χ3n) is 3.10. The molecule has 0 radical (unpaired) electrons. The van der Waals surface area contributed by atoms with E-state index in [1.807, 2.05) is 24.8 Å². The number of nitrogen functional groups attached to an aromatic ring is 1. The second kappa shape index (κ2) is 8.04. The molecule has 0 fully saturated rings. The van der Waals surface area contributed by atoms with E-state index in [9.17, 15) is 4.79 Å². The summed E-state index contributed by atoms with van der Waals surface area (Å²) in [5.74, 6) is 1.87. The van der Waals surface area contributed by atoms with Crippen LogP contribution in [0.15, 0.2) is 12.1 Å². The number of aryl methyl sites for hydroxylation is 1. The zero-order valence-electron chi connectivity index (χ0n) is 12.7. The number of thioether (sulfide) groups is 1. The zero-order chi connectivity index (χ0) is 15.1. The van der Waals surface area contributed by atoms with Crippen molar-refractivity contribution >= 4 is 29.1 Å². The first-order chi connectivity index (χ1) is 9.49. The minimum atomic E-state index is -0.400. The summed E-state index contributed by atoms with van der Waals surface area (Å²) < 4.78 is 4.76. The number of ether oxygens (including phenoxy) is 1. The quantitative estimate of drug-likeness (QED) is 0.459. The van der Waals surface area contributed by atoms with Crippen LogP contribution in [0.3, 0.4) is 0 Å². The second-order valence-electron chi connectivity index (χ2n) is 4.78. The van der Waals surface area contributed by atoms with E-state index in [0.717, 1.165) is 29.2 Å². The molecule has 0 saturated heterocycles. The largest absolute Gasteiger partial charge is 0.465 e. The van der Waals surface area contributed by atoms with Gasteiger partial charge in [0.05, 0.1) is 12.7 Å². The number of nitrogens with one attached hydrogen (secondary N) is 1. The first-order valence-corrected chi connectivity index (χ1v) is 7.97. The topological polar surface area (TPSA) is 64.3 Å². The number of hydrogen-bond donors (Lipinski definition) is 2. The van der Waals surface area contributed by atoms with Crippen LogP contribution in [0.5, 0.6) is 0 Å². The van der Waals surface area contributed by atoms with Crippen molar-refractivity contribution in [2.24, 2.45) is 0 Å². The van der Waals surface area contributed by atoms with Gasteiger partial charge in [-0.1, -0.05) is 6.92 Å². The fourth-order valence-electron chi connectivity index (χ4n) is 1.92. The van der Waals surface area contributed by atoms with Crippen LogP contribution < -0.4 is 11.1 Å². The Bertz CT molecular complexity index is 463. The Hall–Kier alpha value is -1.36. The Labute approximate surface area is 125 Å². The van der Waals surface area contributed by atoms with Gasteiger partial charge in [-0.05, 0) is 49.5 Å². The van der Waals surface area contributed by atoms with Crippen LogP contribution in [0.2, 0.25) is 0 Å². The molecule has 4 nitrogen and oxygen atoms in total. The summed E-state index contributed by atoms with van der Waals surface area (Å²) in [7, 11) is 1.36. The Morgan fingerprint density at radius 1 is 1.50 bits per heavy atom. The minimum absolute atomic E-state index is 0.350. The van der Waals surface area contributed by atoms with E-state index in [2.05, 4.69) is 19.2 Å². The lowest BCUT2D eigenvalue weighted by Crippen LogP contribution is -2.17. The summed E-state index contributed by atoms with van der Waals surface area (Å²) >= 11 is 1.93. The zero-order valence-corrected chi connectivity index (χ0v) is 13.5. The van der Waals surface area contributed by atoms with Crippen LogP contribution in [0.25, 0.3) is 0 Å². The van der Waals surface area contributed by atoms with Crippen molar-refractivity contribution in [3.63, 3.8) is 0 Å². The lowest BCUT2D eigenvalue weighted by molar-refractivity contribution is 0.0602. The number of nitrogens with two attached hydrogens (primary N) is 1. The summed E-state index contributed by atoms with van der Waals surface area (Å²) in [4.78, 5) is 11.7. The molecular formula is C15H24N2O2S. The molecule has 112 valence electrons. The molecular weight excluding hydrogens is 272 g/mol. The molecule has 0 bridgehead atoms. The molecule has 3 N–H and O–H groups in total. The van der Waals surface area contributed by atoms with Gasteiger partial charge in [0.25, 0.3) is 0 Å². The number of benzene rings is 1. The maximum atomic E-state index is 11.7. The van der Waals surface area contributed by atoms with Crippen LogP contribution in [0.1, 0.15) is 36.2 Å². The van der Waals surface area contributed by atoms with Crippen LogP contribution in [0, 0.1) is 6.92 Å². The molecule has 5 heteroatoms. The average Bonchev–Trinajstić information content (AvgIpc) is 2.42. The average molecular weight is 296 g/mol. The predicted molar refractivity (Wildman–Crippen MR) is 87.6 cm³/mol. The SMILES string of the molecule is CCSCCC(C)Nc1cc(C)c(N)c(C(=O)OC)c1. The maximum absolute atomic E-state index is 11.7. The maximum Gasteiger partial charge on any atom is 0.340 e. The van der Waals surface area contributed by atoms with E-state index >= 15 is 0 Å². The predicted octanol–water partition coefficient (Wildman–Crippen LogP) is 3.31. The molecule has 0 aliphatic heterocycles. The Morgan fingerprint density at radius 3 is 2.80 bits per heavy atom. The summed E-state index contributed by atoms with van der Waals surface area (Å²) in [6.45, 7) is 6.19. The van der Waals surface area contributed by atoms with Crippen molar-refractivity contribution in [3.8, 4) is 0 Å². The summed E-state index contributed by atoms with van der Waals surface area (Å²) in [6.07, 6.45) is 1.08. The van der Waals surface area contributed by atoms with Gasteiger partial charge in [-0.25, -0.2) is 4.79 Å². The Morgan fingerprint density at radius 2 is 2.20 bits per heavy atom. The van der Waals surface area contributed by atoms with Crippen molar-refractivity contribution in [1.29, 1.82) is 0 Å². The smallest absolute Gasteiger partial charge is 0.340 e. The van der Waals surface area contributed by atoms with Crippen molar-refractivity contribution < 1.29 is 9.53 Å². The van der Waals surface area contributed by atoms with E-state index in [1.165, 1.54) is 7.11 Å². The number of anilines is 2. The van der Waals surface area contributed by atoms with E-state index < -0.39 is 5.97 Å². The summed E-state index contributed by atoms with van der Waals surface area (Å²) in [5.41, 5.74) is 8.62. The molecule has 0 saturated carbocycles. The number of carbonyl (C=O) groups excluding carboxylic acids is 1. The van der Waals surface area contributed by atoms with Gasteiger partial charge in [0, 0.05) is 17.4 Å². The van der Waals surface area contributed by atoms with E-state index in [0.29, 0.717) is 17.3 Å². The van der Waals surface area contributed by atoms with Crippen molar-refractivity contribution in [2.75, 3.05) is 29.7 Å². The normalized spacial score (nSPS) is 12.0. The van der Waals surface area contributed by atoms with E-state index in [1.54, 1.807) is 6.07 Å². The van der Waals surface area contributed by atoms with Gasteiger partial charge < -0.3 is 15.8 Å². The van der Waals surface area contributed by atoms with Crippen LogP contribution in [-0.4, -0.2) is 30.6 Å². The monoisotopic (exact) mass is 296 g/mol. The molecule has 1 aromatic carbocycles. The fourth-order valence-corrected chi connectivity index (χ4v) is 2.73. The molecule has 0 aliphatic rings. The number of hydrogen-bond acceptors (Lipinski definition) is 5. The highest BCUT2D eigenvalue weighted by Crippen LogP contribution is 2.24. The van der Waals surface area contributed by atoms with Crippen LogP contribution >= 0.6 is 11.8 Å². The lowest BCUT2D eigenvalue weighted by atomic mass is 10.1. The highest BCUT2D eigenvalue weighted by atomic mass is 32.2. The molecule has 0 amide bonds. The molecule has 0 aliphatic carbocycles. The van der Waals surface area contributed by atoms with E-state index in [4.69, 9.17) is 10.5 Å². The second-order valence-corrected chi connectivity index (χ2v) is 6.17. The van der Waals surface area contributed by atoms with Crippen molar-refractivity contribution in [2.45, 2.75) is 33.2 Å². The molecule has 0 aromatic heterocycles. The number of methoxy groups -OCH3 is 1. The Balaban J connectivity index is 2.80. The Kier molecular flexibility index (Phi) is 6.71. The van der Waals surface area contributed by atoms with Gasteiger partial charge in [-0.15, -0.1) is 0 Å². The highest BCUT2D eigenvalue weighted by Gasteiger charge is 2.14. The molecule has 1 aromatic rings. The van der Waals surface area contributed by atoms with Gasteiger partial charge in [0.15, 0.2) is 0 Å². The third kappa shape index (κ3) is 4.63. The van der Waals surface area contributed by atoms with Gasteiger partial charge in [-0.2, -0.15) is 11.8 Å². The first kappa shape index (κ1) is 16.7. The van der Waals surface area contributed by atoms with Gasteiger partial charge in [-0.3, -0.25) is 0 Å². The van der Waals surface area contributed by atoms with Crippen molar-refractivity contribution in [1.82, 2.24) is 0 Å². The van der Waals surface area contributed by atoms with Crippen LogP contribution in [-0.2, 0) is 4.74 Å². The number of esters is 1. The molecule has 1 atom stereocenters. The lowest BCUT2D eigenvalue weighted by Gasteiger charge is -2.17. The summed E-state index contributed by atoms with van der Waals surface area (Å²) in [5, 5.41) is 3.41. The minimum Gasteiger partial charge on any atom is -0.465 e. The molecule has 1 unspecified atom stereocenters. The number of rotatable bonds is 7. The van der Waals surface area contributed by atoms with Crippen molar-refractivity contribution in [3.05, 3.63) is 23.3 Å². The van der Waals surface area contributed by atoms with E-state index in [-0.39, 0.29) is 0 Å². The first-order valence-electron chi connectivity index (χ1n) is 6.82. The third-order valence-corrected chi connectivity index (χ3v) is 4.04. The fraction of sp³-hybridized carbons (Fsp3) is 0.533. The number of carbonyl (C=O) groups is 1. The highest BCUT2D eigenvalue weighted by molar-refractivity contribution is 7.99.